The van der Waals surface area contributed by atoms with Gasteiger partial charge in [0.15, 0.2) is 5.58 Å². The number of rotatable bonds is 4. The molecule has 0 bridgehead atoms. The molecule has 0 aliphatic carbocycles. The molecule has 2 aromatic heterocycles. The van der Waals surface area contributed by atoms with E-state index in [0.717, 1.165) is 4.90 Å². The van der Waals surface area contributed by atoms with Gasteiger partial charge in [0, 0.05) is 65.8 Å². The van der Waals surface area contributed by atoms with E-state index < -0.39 is 97.9 Å². The summed E-state index contributed by atoms with van der Waals surface area (Å²) in [6.45, 7) is -10.4. The number of likely N-dealkylation sites (tertiary alicyclic amines) is 1. The van der Waals surface area contributed by atoms with Crippen LogP contribution in [0.2, 0.25) is 0 Å². The van der Waals surface area contributed by atoms with Crippen LogP contribution in [0.4, 0.5) is 4.39 Å². The molecule has 2 aliphatic heterocycles. The molecule has 0 spiro atoms. The van der Waals surface area contributed by atoms with Gasteiger partial charge in [0.1, 0.15) is 11.6 Å². The Kier molecular flexibility index (Phi) is 2.26. The molecule has 0 unspecified atom stereocenters. The Bertz CT molecular complexity index is 1790. The monoisotopic (exact) mass is 426 g/mol. The van der Waals surface area contributed by atoms with Crippen molar-refractivity contribution in [1.82, 2.24) is 19.6 Å². The van der Waals surface area contributed by atoms with Crippen LogP contribution >= 0.6 is 0 Å². The van der Waals surface area contributed by atoms with Gasteiger partial charge in [0.2, 0.25) is 0 Å². The highest BCUT2D eigenvalue weighted by Gasteiger charge is 2.25. The molecule has 0 atom stereocenters. The molecular weight excluding hydrogens is 383 g/mol. The first kappa shape index (κ1) is 8.54. The zero-order chi connectivity index (χ0) is 34.7. The van der Waals surface area contributed by atoms with Crippen LogP contribution in [0.25, 0.3) is 11.0 Å². The van der Waals surface area contributed by atoms with Crippen LogP contribution in [0, 0.1) is 12.7 Å². The molecule has 0 N–H and O–H groups in total. The van der Waals surface area contributed by atoms with Gasteiger partial charge in [-0.05, 0) is 64.0 Å². The molecule has 4 heterocycles. The highest BCUT2D eigenvalue weighted by Crippen LogP contribution is 2.32. The molecule has 0 amide bonds. The van der Waals surface area contributed by atoms with Gasteiger partial charge >= 0.3 is 0 Å². The van der Waals surface area contributed by atoms with Gasteiger partial charge in [-0.25, -0.2) is 9.37 Å². The zero-order valence-electron chi connectivity index (χ0n) is 31.6. The number of aromatic nitrogens is 3. The summed E-state index contributed by atoms with van der Waals surface area (Å²) in [5.41, 5.74) is -4.48. The fourth-order valence-corrected chi connectivity index (χ4v) is 3.57. The van der Waals surface area contributed by atoms with E-state index in [1.807, 2.05) is 0 Å². The molecule has 3 aromatic rings. The van der Waals surface area contributed by atoms with Crippen molar-refractivity contribution in [2.45, 2.75) is 57.6 Å². The number of nitrogens with zero attached hydrogens (tertiary/aromatic N) is 4. The summed E-state index contributed by atoms with van der Waals surface area (Å²) >= 11 is 0. The quantitative estimate of drug-likeness (QED) is 0.638. The molecule has 1 aromatic carbocycles. The third kappa shape index (κ3) is 3.55. The topological polar surface area (TPSA) is 64.2 Å². The summed E-state index contributed by atoms with van der Waals surface area (Å²) in [4.78, 5) is 18.6. The largest absolute Gasteiger partial charge is 0.356 e. The molecule has 158 valence electrons. The molecule has 5 rings (SSSR count). The van der Waals surface area contributed by atoms with E-state index in [9.17, 15) is 9.18 Å². The van der Waals surface area contributed by atoms with Crippen molar-refractivity contribution in [3.05, 3.63) is 57.1 Å². The fourth-order valence-electron chi connectivity index (χ4n) is 3.57. The summed E-state index contributed by atoms with van der Waals surface area (Å²) in [5, 5.41) is 3.82. The van der Waals surface area contributed by atoms with E-state index in [1.54, 1.807) is 0 Å². The summed E-state index contributed by atoms with van der Waals surface area (Å²) < 4.78 is 151. The lowest BCUT2D eigenvalue weighted by atomic mass is 9.91. The first-order chi connectivity index (χ1) is 20.8. The predicted molar refractivity (Wildman–Crippen MR) is 112 cm³/mol. The number of fused-ring (bicyclic) bond motifs is 2. The maximum Gasteiger partial charge on any atom is 0.256 e. The maximum absolute atomic E-state index is 14.2. The van der Waals surface area contributed by atoms with Crippen molar-refractivity contribution in [3.63, 3.8) is 0 Å². The number of halogens is 1. The molecule has 6 nitrogen and oxygen atoms in total. The van der Waals surface area contributed by atoms with Gasteiger partial charge in [0.25, 0.3) is 5.56 Å². The lowest BCUT2D eigenvalue weighted by Crippen LogP contribution is -2.37. The van der Waals surface area contributed by atoms with Crippen LogP contribution in [0.1, 0.15) is 76.2 Å². The Morgan fingerprint density at radius 1 is 1.40 bits per heavy atom. The van der Waals surface area contributed by atoms with Crippen molar-refractivity contribution < 1.29 is 30.8 Å². The third-order valence-corrected chi connectivity index (χ3v) is 5.12. The van der Waals surface area contributed by atoms with Crippen LogP contribution in [0.15, 0.2) is 27.4 Å². The van der Waals surface area contributed by atoms with Gasteiger partial charge in [-0.2, -0.15) is 0 Å². The fraction of sp³-hybridized carbons (Fsp3) is 0.522. The molecule has 0 saturated carbocycles. The van der Waals surface area contributed by atoms with Gasteiger partial charge in [-0.15, -0.1) is 0 Å². The Labute approximate surface area is 197 Å². The molecule has 30 heavy (non-hydrogen) atoms. The second-order valence-corrected chi connectivity index (χ2v) is 6.94. The third-order valence-electron chi connectivity index (χ3n) is 5.12. The van der Waals surface area contributed by atoms with Crippen molar-refractivity contribution in [1.29, 1.82) is 0 Å². The Morgan fingerprint density at radius 2 is 2.27 bits per heavy atom. The standard InChI is InChI=1S/C23H27FN4O2/c1-15-18(23(29)28-10-3-2-4-21(28)25-15)9-13-27-11-7-16(8-12-27)22-19-6-5-17(24)14-20(19)30-26-22/h5-6,14,16H,2-4,7-13H2,1H3/i1D3,2D2,3D2,5D,6D,9D2,10D2,13D2,14D. The van der Waals surface area contributed by atoms with Crippen molar-refractivity contribution >= 4 is 11.0 Å². The van der Waals surface area contributed by atoms with Gasteiger partial charge in [-0.3, -0.25) is 9.36 Å². The van der Waals surface area contributed by atoms with E-state index in [-0.39, 0.29) is 47.2 Å². The lowest BCUT2D eigenvalue weighted by Gasteiger charge is -2.31. The second kappa shape index (κ2) is 7.95. The van der Waals surface area contributed by atoms with Gasteiger partial charge in [-0.1, -0.05) is 5.16 Å². The minimum absolute atomic E-state index is 0.0418. The Hall–Kier alpha value is -2.54. The molecule has 1 fully saturated rings. The van der Waals surface area contributed by atoms with E-state index in [4.69, 9.17) is 26.5 Å². The molecule has 0 radical (unpaired) electrons. The first-order valence-corrected chi connectivity index (χ1v) is 9.29. The van der Waals surface area contributed by atoms with Crippen LogP contribution in [0.3, 0.4) is 0 Å². The summed E-state index contributed by atoms with van der Waals surface area (Å²) in [6, 6.07) is -2.13. The average Bonchev–Trinajstić information content (AvgIpc) is 3.38. The molecule has 7 heteroatoms. The number of hydrogen-bond donors (Lipinski definition) is 0. The van der Waals surface area contributed by atoms with Crippen molar-refractivity contribution in [2.75, 3.05) is 19.6 Å². The molecule has 1 saturated heterocycles. The maximum atomic E-state index is 14.2. The normalized spacial score (nSPS) is 32.3. The van der Waals surface area contributed by atoms with E-state index >= 15 is 0 Å². The van der Waals surface area contributed by atoms with Gasteiger partial charge < -0.3 is 9.42 Å². The minimum Gasteiger partial charge on any atom is -0.356 e. The number of benzene rings is 1. The predicted octanol–water partition coefficient (Wildman–Crippen LogP) is 3.59. The smallest absolute Gasteiger partial charge is 0.256 e. The van der Waals surface area contributed by atoms with Gasteiger partial charge in [0.05, 0.1) is 9.81 Å². The number of aryl methyl sites for hydroxylation is 2. The highest BCUT2D eigenvalue weighted by molar-refractivity contribution is 5.79. The molecule has 2 aliphatic rings. The summed E-state index contributed by atoms with van der Waals surface area (Å²) in [6.07, 6.45) is -10.7. The van der Waals surface area contributed by atoms with Crippen LogP contribution < -0.4 is 5.56 Å². The number of piperidine rings is 1. The van der Waals surface area contributed by atoms with Crippen molar-refractivity contribution in [2.24, 2.45) is 0 Å². The van der Waals surface area contributed by atoms with Crippen LogP contribution in [-0.4, -0.2) is 39.2 Å². The summed E-state index contributed by atoms with van der Waals surface area (Å²) in [5.74, 6) is -2.59. The Morgan fingerprint density at radius 3 is 3.10 bits per heavy atom. The average molecular weight is 427 g/mol. The Balaban J connectivity index is 1.55. The minimum atomic E-state index is -3.50. The van der Waals surface area contributed by atoms with E-state index in [1.165, 1.54) is 0 Å². The highest BCUT2D eigenvalue weighted by atomic mass is 19.1. The summed E-state index contributed by atoms with van der Waals surface area (Å²) in [7, 11) is 0. The SMILES string of the molecule is [2H]c1c(F)c([2H])c2onc(C3CCN(C([2H])([2H])C([2H])([2H])c4c(C([2H])([2H])[2H])nc5n(c4=O)C([2H])([2H])C([2H])([2H])C([2H])([2H])C5)CC3)c2c1[2H]. The number of hydrogen-bond acceptors (Lipinski definition) is 5. The zero-order valence-corrected chi connectivity index (χ0v) is 15.6. The van der Waals surface area contributed by atoms with Crippen molar-refractivity contribution in [3.8, 4) is 0 Å². The van der Waals surface area contributed by atoms with E-state index in [2.05, 4.69) is 10.1 Å². The second-order valence-electron chi connectivity index (χ2n) is 6.94. The van der Waals surface area contributed by atoms with Crippen LogP contribution in [-0.2, 0) is 19.3 Å². The van der Waals surface area contributed by atoms with E-state index in [0.29, 0.717) is 0 Å². The molecular formula is C23H27FN4O2. The van der Waals surface area contributed by atoms with Crippen LogP contribution in [0.5, 0.6) is 0 Å². The first-order valence-electron chi connectivity index (χ1n) is 17.3. The lowest BCUT2D eigenvalue weighted by molar-refractivity contribution is 0.211.